The van der Waals surface area contributed by atoms with Gasteiger partial charge in [-0.1, -0.05) is 13.0 Å². The predicted octanol–water partition coefficient (Wildman–Crippen LogP) is 3.66. The number of para-hydroxylation sites is 1. The molecule has 2 rings (SSSR count). The smallest absolute Gasteiger partial charge is 0.111 e. The lowest BCUT2D eigenvalue weighted by molar-refractivity contribution is 0.525. The molecule has 0 fully saturated rings. The summed E-state index contributed by atoms with van der Waals surface area (Å²) >= 11 is 5.84. The molecule has 3 nitrogen and oxygen atoms in total. The third kappa shape index (κ3) is 2.09. The van der Waals surface area contributed by atoms with Crippen molar-refractivity contribution >= 4 is 22.6 Å². The zero-order valence-corrected chi connectivity index (χ0v) is 11.4. The van der Waals surface area contributed by atoms with Gasteiger partial charge in [0.25, 0.3) is 0 Å². The second-order valence-corrected chi connectivity index (χ2v) is 4.76. The standard InChI is InChI=1S/C14H16ClN3/c1-3-10(2)18-12-6-4-5-11(9-16)14(12)17-13(18)7-8-15/h4-6,10H,3,7-8H2,1-2H3. The van der Waals surface area contributed by atoms with Crippen molar-refractivity contribution in [3.8, 4) is 6.07 Å². The number of halogens is 1. The molecule has 1 atom stereocenters. The molecule has 18 heavy (non-hydrogen) atoms. The second-order valence-electron chi connectivity index (χ2n) is 4.38. The maximum Gasteiger partial charge on any atom is 0.111 e. The van der Waals surface area contributed by atoms with Gasteiger partial charge in [-0.3, -0.25) is 0 Å². The quantitative estimate of drug-likeness (QED) is 0.788. The Morgan fingerprint density at radius 1 is 1.50 bits per heavy atom. The minimum Gasteiger partial charge on any atom is -0.325 e. The minimum atomic E-state index is 0.363. The Bertz CT molecular complexity index is 595. The van der Waals surface area contributed by atoms with Crippen LogP contribution in [0.1, 0.15) is 37.7 Å². The monoisotopic (exact) mass is 261 g/mol. The molecule has 0 aliphatic carbocycles. The molecule has 1 aromatic carbocycles. The van der Waals surface area contributed by atoms with Gasteiger partial charge in [-0.05, 0) is 25.5 Å². The molecule has 0 bridgehead atoms. The third-order valence-electron chi connectivity index (χ3n) is 3.26. The molecule has 4 heteroatoms. The number of hydrogen-bond acceptors (Lipinski definition) is 2. The van der Waals surface area contributed by atoms with E-state index in [0.29, 0.717) is 17.5 Å². The number of imidazole rings is 1. The topological polar surface area (TPSA) is 41.6 Å². The summed E-state index contributed by atoms with van der Waals surface area (Å²) in [5.74, 6) is 1.51. The fourth-order valence-corrected chi connectivity index (χ4v) is 2.36. The van der Waals surface area contributed by atoms with E-state index in [1.807, 2.05) is 12.1 Å². The predicted molar refractivity (Wildman–Crippen MR) is 73.9 cm³/mol. The Hall–Kier alpha value is -1.53. The van der Waals surface area contributed by atoms with E-state index in [1.165, 1.54) is 0 Å². The number of nitriles is 1. The summed E-state index contributed by atoms with van der Waals surface area (Å²) in [6.07, 6.45) is 1.75. The van der Waals surface area contributed by atoms with Gasteiger partial charge in [-0.25, -0.2) is 4.98 Å². The molecule has 0 radical (unpaired) electrons. The summed E-state index contributed by atoms with van der Waals surface area (Å²) in [6.45, 7) is 4.31. The molecule has 1 unspecified atom stereocenters. The summed E-state index contributed by atoms with van der Waals surface area (Å²) in [7, 11) is 0. The summed E-state index contributed by atoms with van der Waals surface area (Å²) in [6, 6.07) is 8.30. The number of nitrogens with zero attached hydrogens (tertiary/aromatic N) is 3. The zero-order valence-electron chi connectivity index (χ0n) is 10.7. The molecule has 1 aromatic heterocycles. The van der Waals surface area contributed by atoms with Gasteiger partial charge in [0.05, 0.1) is 11.1 Å². The van der Waals surface area contributed by atoms with Crippen LogP contribution >= 0.6 is 11.6 Å². The van der Waals surface area contributed by atoms with Crippen molar-refractivity contribution in [1.29, 1.82) is 5.26 Å². The highest BCUT2D eigenvalue weighted by Crippen LogP contribution is 2.25. The lowest BCUT2D eigenvalue weighted by Crippen LogP contribution is -2.09. The van der Waals surface area contributed by atoms with Crippen molar-refractivity contribution in [1.82, 2.24) is 9.55 Å². The Morgan fingerprint density at radius 3 is 2.89 bits per heavy atom. The highest BCUT2D eigenvalue weighted by molar-refractivity contribution is 6.17. The first-order valence-electron chi connectivity index (χ1n) is 6.18. The molecule has 0 saturated carbocycles. The molecule has 0 spiro atoms. The second kappa shape index (κ2) is 5.41. The van der Waals surface area contributed by atoms with Crippen molar-refractivity contribution in [3.63, 3.8) is 0 Å². The fourth-order valence-electron chi connectivity index (χ4n) is 2.19. The van der Waals surface area contributed by atoms with Crippen molar-refractivity contribution in [2.75, 3.05) is 5.88 Å². The highest BCUT2D eigenvalue weighted by atomic mass is 35.5. The number of fused-ring (bicyclic) bond motifs is 1. The molecule has 94 valence electrons. The highest BCUT2D eigenvalue weighted by Gasteiger charge is 2.16. The first kappa shape index (κ1) is 12.9. The van der Waals surface area contributed by atoms with Gasteiger partial charge in [0.15, 0.2) is 0 Å². The van der Waals surface area contributed by atoms with Gasteiger partial charge in [-0.15, -0.1) is 11.6 Å². The van der Waals surface area contributed by atoms with Crippen molar-refractivity contribution in [2.24, 2.45) is 0 Å². The summed E-state index contributed by atoms with van der Waals surface area (Å²) in [5, 5.41) is 9.14. The zero-order chi connectivity index (χ0) is 13.1. The molecule has 0 amide bonds. The largest absolute Gasteiger partial charge is 0.325 e. The summed E-state index contributed by atoms with van der Waals surface area (Å²) in [4.78, 5) is 4.60. The van der Waals surface area contributed by atoms with Crippen LogP contribution < -0.4 is 0 Å². The summed E-state index contributed by atoms with van der Waals surface area (Å²) < 4.78 is 2.21. The lowest BCUT2D eigenvalue weighted by Gasteiger charge is -2.15. The number of alkyl halides is 1. The van der Waals surface area contributed by atoms with Gasteiger partial charge in [0.1, 0.15) is 17.4 Å². The van der Waals surface area contributed by atoms with E-state index >= 15 is 0 Å². The number of benzene rings is 1. The fraction of sp³-hybridized carbons (Fsp3) is 0.429. The van der Waals surface area contributed by atoms with Gasteiger partial charge in [0, 0.05) is 18.3 Å². The van der Waals surface area contributed by atoms with E-state index in [-0.39, 0.29) is 0 Å². The Kier molecular flexibility index (Phi) is 3.88. The van der Waals surface area contributed by atoms with Crippen molar-refractivity contribution in [2.45, 2.75) is 32.7 Å². The van der Waals surface area contributed by atoms with Crippen molar-refractivity contribution < 1.29 is 0 Å². The Labute approximate surface area is 112 Å². The van der Waals surface area contributed by atoms with Crippen LogP contribution in [0.3, 0.4) is 0 Å². The molecular weight excluding hydrogens is 246 g/mol. The van der Waals surface area contributed by atoms with E-state index in [2.05, 4.69) is 29.5 Å². The van der Waals surface area contributed by atoms with E-state index in [0.717, 1.165) is 29.7 Å². The van der Waals surface area contributed by atoms with Gasteiger partial charge in [-0.2, -0.15) is 5.26 Å². The number of aryl methyl sites for hydroxylation is 1. The normalized spacial score (nSPS) is 12.6. The molecular formula is C14H16ClN3. The van der Waals surface area contributed by atoms with Crippen LogP contribution in [-0.2, 0) is 6.42 Å². The van der Waals surface area contributed by atoms with E-state index in [4.69, 9.17) is 16.9 Å². The number of rotatable bonds is 4. The average molecular weight is 262 g/mol. The minimum absolute atomic E-state index is 0.363. The summed E-state index contributed by atoms with van der Waals surface area (Å²) in [5.41, 5.74) is 2.45. The Balaban J connectivity index is 2.72. The van der Waals surface area contributed by atoms with Crippen LogP contribution in [-0.4, -0.2) is 15.4 Å². The molecule has 0 aliphatic rings. The van der Waals surface area contributed by atoms with Crippen LogP contribution in [0.4, 0.5) is 0 Å². The van der Waals surface area contributed by atoms with Crippen LogP contribution in [0.25, 0.3) is 11.0 Å². The van der Waals surface area contributed by atoms with Crippen LogP contribution in [0.15, 0.2) is 18.2 Å². The molecule has 0 aliphatic heterocycles. The van der Waals surface area contributed by atoms with E-state index < -0.39 is 0 Å². The molecule has 0 N–H and O–H groups in total. The van der Waals surface area contributed by atoms with Crippen LogP contribution in [0, 0.1) is 11.3 Å². The van der Waals surface area contributed by atoms with Gasteiger partial charge >= 0.3 is 0 Å². The number of hydrogen-bond donors (Lipinski definition) is 0. The third-order valence-corrected chi connectivity index (χ3v) is 3.45. The van der Waals surface area contributed by atoms with Gasteiger partial charge < -0.3 is 4.57 Å². The SMILES string of the molecule is CCC(C)n1c(CCCl)nc2c(C#N)cccc21. The van der Waals surface area contributed by atoms with Crippen molar-refractivity contribution in [3.05, 3.63) is 29.6 Å². The first-order valence-corrected chi connectivity index (χ1v) is 6.72. The molecule has 0 saturated heterocycles. The lowest BCUT2D eigenvalue weighted by atomic mass is 10.2. The van der Waals surface area contributed by atoms with E-state index in [1.54, 1.807) is 6.07 Å². The molecule has 2 aromatic rings. The Morgan fingerprint density at radius 2 is 2.28 bits per heavy atom. The molecule has 1 heterocycles. The van der Waals surface area contributed by atoms with Gasteiger partial charge in [0.2, 0.25) is 0 Å². The maximum atomic E-state index is 9.14. The average Bonchev–Trinajstić information content (AvgIpc) is 2.76. The first-order chi connectivity index (χ1) is 8.72. The van der Waals surface area contributed by atoms with Crippen LogP contribution in [0.2, 0.25) is 0 Å². The number of aromatic nitrogens is 2. The van der Waals surface area contributed by atoms with Crippen LogP contribution in [0.5, 0.6) is 0 Å². The maximum absolute atomic E-state index is 9.14. The van der Waals surface area contributed by atoms with E-state index in [9.17, 15) is 0 Å².